The highest BCUT2D eigenvalue weighted by atomic mass is 16.3. The molecule has 0 aromatic rings. The second-order valence-corrected chi connectivity index (χ2v) is 9.55. The average molecular weight is 319 g/mol. The van der Waals surface area contributed by atoms with Crippen LogP contribution in [0.1, 0.15) is 72.1 Å². The van der Waals surface area contributed by atoms with Gasteiger partial charge in [0.15, 0.2) is 0 Å². The van der Waals surface area contributed by atoms with E-state index in [0.29, 0.717) is 11.3 Å². The summed E-state index contributed by atoms with van der Waals surface area (Å²) in [6.07, 6.45) is 11.8. The Morgan fingerprint density at radius 1 is 1.04 bits per heavy atom. The highest BCUT2D eigenvalue weighted by Crippen LogP contribution is 2.66. The van der Waals surface area contributed by atoms with E-state index in [-0.39, 0.29) is 17.6 Å². The summed E-state index contributed by atoms with van der Waals surface area (Å²) in [6.45, 7) is 6.86. The van der Waals surface area contributed by atoms with E-state index in [1.165, 1.54) is 50.5 Å². The first-order valence-electron chi connectivity index (χ1n) is 9.94. The summed E-state index contributed by atoms with van der Waals surface area (Å²) < 4.78 is 0. The lowest BCUT2D eigenvalue weighted by Gasteiger charge is -2.61. The van der Waals surface area contributed by atoms with Crippen LogP contribution in [0.25, 0.3) is 0 Å². The van der Waals surface area contributed by atoms with E-state index in [9.17, 15) is 10.2 Å². The van der Waals surface area contributed by atoms with Crippen molar-refractivity contribution in [3.05, 3.63) is 11.6 Å². The zero-order valence-electron chi connectivity index (χ0n) is 15.1. The van der Waals surface area contributed by atoms with Crippen molar-refractivity contribution in [3.63, 3.8) is 0 Å². The van der Waals surface area contributed by atoms with Crippen molar-refractivity contribution in [3.8, 4) is 0 Å². The molecule has 23 heavy (non-hydrogen) atoms. The molecule has 2 nitrogen and oxygen atoms in total. The molecule has 0 unspecified atom stereocenters. The first-order chi connectivity index (χ1) is 10.9. The van der Waals surface area contributed by atoms with Crippen molar-refractivity contribution in [1.29, 1.82) is 0 Å². The Balaban J connectivity index is 1.63. The normalized spacial score (nSPS) is 53.8. The SMILES string of the molecule is C[C@@H](O)C1=CC[C@H]2[C@@H]3CC[C@H]4[C@@H](O)CCC[C@]4(C)[C@H]3CC[C@]12C. The molecule has 3 fully saturated rings. The maximum Gasteiger partial charge on any atom is 0.0727 e. The Morgan fingerprint density at radius 2 is 1.83 bits per heavy atom. The van der Waals surface area contributed by atoms with Gasteiger partial charge in [0.2, 0.25) is 0 Å². The molecule has 0 saturated heterocycles. The van der Waals surface area contributed by atoms with Gasteiger partial charge in [0.25, 0.3) is 0 Å². The molecule has 2 N–H and O–H groups in total. The lowest BCUT2D eigenvalue weighted by atomic mass is 9.44. The molecule has 0 aromatic carbocycles. The van der Waals surface area contributed by atoms with E-state index in [0.717, 1.165) is 24.2 Å². The number of hydrogen-bond donors (Lipinski definition) is 2. The van der Waals surface area contributed by atoms with Crippen LogP contribution in [0.4, 0.5) is 0 Å². The Hall–Kier alpha value is -0.340. The van der Waals surface area contributed by atoms with E-state index >= 15 is 0 Å². The molecule has 4 aliphatic carbocycles. The van der Waals surface area contributed by atoms with Crippen LogP contribution < -0.4 is 0 Å². The molecule has 4 aliphatic rings. The van der Waals surface area contributed by atoms with Crippen LogP contribution in [0.15, 0.2) is 11.6 Å². The van der Waals surface area contributed by atoms with Gasteiger partial charge >= 0.3 is 0 Å². The van der Waals surface area contributed by atoms with Crippen LogP contribution in [0.3, 0.4) is 0 Å². The van der Waals surface area contributed by atoms with Crippen molar-refractivity contribution in [2.45, 2.75) is 84.3 Å². The summed E-state index contributed by atoms with van der Waals surface area (Å²) >= 11 is 0. The number of aliphatic hydroxyl groups is 2. The minimum atomic E-state index is -0.287. The van der Waals surface area contributed by atoms with Gasteiger partial charge < -0.3 is 10.2 Å². The smallest absolute Gasteiger partial charge is 0.0727 e. The zero-order chi connectivity index (χ0) is 16.4. The predicted molar refractivity (Wildman–Crippen MR) is 92.9 cm³/mol. The van der Waals surface area contributed by atoms with Gasteiger partial charge in [-0.25, -0.2) is 0 Å². The fraction of sp³-hybridized carbons (Fsp3) is 0.905. The van der Waals surface area contributed by atoms with Crippen LogP contribution in [0.5, 0.6) is 0 Å². The van der Waals surface area contributed by atoms with Crippen molar-refractivity contribution < 1.29 is 10.2 Å². The summed E-state index contributed by atoms with van der Waals surface area (Å²) in [5.41, 5.74) is 1.90. The quantitative estimate of drug-likeness (QED) is 0.707. The maximum atomic E-state index is 10.6. The second kappa shape index (κ2) is 5.33. The molecule has 130 valence electrons. The van der Waals surface area contributed by atoms with Gasteiger partial charge in [-0.05, 0) is 91.9 Å². The minimum Gasteiger partial charge on any atom is -0.393 e. The third-order valence-electron chi connectivity index (χ3n) is 8.71. The van der Waals surface area contributed by atoms with Gasteiger partial charge in [-0.1, -0.05) is 26.3 Å². The van der Waals surface area contributed by atoms with Gasteiger partial charge in [-0.3, -0.25) is 0 Å². The van der Waals surface area contributed by atoms with Crippen LogP contribution in [0.2, 0.25) is 0 Å². The van der Waals surface area contributed by atoms with Gasteiger partial charge in [0.1, 0.15) is 0 Å². The molecular weight excluding hydrogens is 284 g/mol. The summed E-state index contributed by atoms with van der Waals surface area (Å²) in [5.74, 6) is 2.85. The Kier molecular flexibility index (Phi) is 3.74. The van der Waals surface area contributed by atoms with E-state index in [1.807, 2.05) is 6.92 Å². The molecule has 8 atom stereocenters. The topological polar surface area (TPSA) is 40.5 Å². The Labute approximate surface area is 141 Å². The van der Waals surface area contributed by atoms with Crippen molar-refractivity contribution in [2.75, 3.05) is 0 Å². The second-order valence-electron chi connectivity index (χ2n) is 9.55. The van der Waals surface area contributed by atoms with Crippen molar-refractivity contribution >= 4 is 0 Å². The van der Waals surface area contributed by atoms with Crippen LogP contribution in [-0.2, 0) is 0 Å². The highest BCUT2D eigenvalue weighted by Gasteiger charge is 2.59. The van der Waals surface area contributed by atoms with E-state index in [1.54, 1.807) is 0 Å². The molecule has 0 bridgehead atoms. The minimum absolute atomic E-state index is 0.0576. The largest absolute Gasteiger partial charge is 0.393 e. The van der Waals surface area contributed by atoms with Crippen LogP contribution in [0, 0.1) is 34.5 Å². The number of rotatable bonds is 1. The number of fused-ring (bicyclic) bond motifs is 5. The molecule has 0 aliphatic heterocycles. The summed E-state index contributed by atoms with van der Waals surface area (Å²) in [7, 11) is 0. The van der Waals surface area contributed by atoms with Crippen molar-refractivity contribution in [2.24, 2.45) is 34.5 Å². The Bertz CT molecular complexity index is 510. The van der Waals surface area contributed by atoms with Crippen LogP contribution in [-0.4, -0.2) is 22.4 Å². The zero-order valence-corrected chi connectivity index (χ0v) is 15.1. The standard InChI is InChI=1S/C21H34O2/c1-13(22)15-8-9-16-14-6-7-18-19(23)5-4-11-20(18,2)17(14)10-12-21(15,16)3/h8,13-14,16-19,22-23H,4-7,9-12H2,1-3H3/t13-,14+,16+,17+,18+,19+,20-,21-/m1/s1. The third kappa shape index (κ3) is 2.13. The van der Waals surface area contributed by atoms with Crippen LogP contribution >= 0.6 is 0 Å². The van der Waals surface area contributed by atoms with Gasteiger partial charge in [-0.2, -0.15) is 0 Å². The summed E-state index contributed by atoms with van der Waals surface area (Å²) in [6, 6.07) is 0. The molecule has 3 saturated carbocycles. The van der Waals surface area contributed by atoms with E-state index in [4.69, 9.17) is 0 Å². The van der Waals surface area contributed by atoms with Gasteiger partial charge in [-0.15, -0.1) is 0 Å². The average Bonchev–Trinajstić information content (AvgIpc) is 2.84. The molecule has 4 rings (SSSR count). The Morgan fingerprint density at radius 3 is 2.57 bits per heavy atom. The third-order valence-corrected chi connectivity index (χ3v) is 8.71. The highest BCUT2D eigenvalue weighted by molar-refractivity contribution is 5.28. The maximum absolute atomic E-state index is 10.6. The molecule has 2 heteroatoms. The van der Waals surface area contributed by atoms with Crippen molar-refractivity contribution in [1.82, 2.24) is 0 Å². The summed E-state index contributed by atoms with van der Waals surface area (Å²) in [5, 5.41) is 20.8. The number of allylic oxidation sites excluding steroid dienone is 1. The lowest BCUT2D eigenvalue weighted by molar-refractivity contribution is -0.137. The first-order valence-corrected chi connectivity index (χ1v) is 9.94. The predicted octanol–water partition coefficient (Wildman–Crippen LogP) is 4.31. The monoisotopic (exact) mass is 318 g/mol. The molecule has 0 radical (unpaired) electrons. The number of hydrogen-bond acceptors (Lipinski definition) is 2. The summed E-state index contributed by atoms with van der Waals surface area (Å²) in [4.78, 5) is 0. The molecule has 0 amide bonds. The van der Waals surface area contributed by atoms with Gasteiger partial charge in [0, 0.05) is 0 Å². The number of aliphatic hydroxyl groups excluding tert-OH is 2. The molecule has 0 aromatic heterocycles. The fourth-order valence-corrected chi connectivity index (χ4v) is 7.63. The molecule has 0 heterocycles. The first kappa shape index (κ1) is 16.1. The van der Waals surface area contributed by atoms with E-state index < -0.39 is 0 Å². The van der Waals surface area contributed by atoms with E-state index in [2.05, 4.69) is 19.9 Å². The fourth-order valence-electron chi connectivity index (χ4n) is 7.63. The molecule has 0 spiro atoms. The lowest BCUT2D eigenvalue weighted by Crippen LogP contribution is -2.55. The molecular formula is C21H34O2. The van der Waals surface area contributed by atoms with Gasteiger partial charge in [0.05, 0.1) is 12.2 Å².